The molecule has 0 spiro atoms. The third kappa shape index (κ3) is 4.19. The molecule has 0 aliphatic heterocycles. The van der Waals surface area contributed by atoms with Gasteiger partial charge in [-0.05, 0) is 61.2 Å². The molecule has 112 valence electrons. The molecule has 0 radical (unpaired) electrons. The van der Waals surface area contributed by atoms with Crippen LogP contribution in [0.3, 0.4) is 0 Å². The molecule has 1 aromatic heterocycles. The molecule has 2 rings (SSSR count). The molecule has 0 saturated heterocycles. The van der Waals surface area contributed by atoms with E-state index >= 15 is 0 Å². The average Bonchev–Trinajstić information content (AvgIpc) is 2.47. The van der Waals surface area contributed by atoms with Crippen LogP contribution < -0.4 is 5.32 Å². The van der Waals surface area contributed by atoms with Gasteiger partial charge in [0.15, 0.2) is 0 Å². The Balaban J connectivity index is 2.31. The Morgan fingerprint density at radius 2 is 1.90 bits per heavy atom. The van der Waals surface area contributed by atoms with Gasteiger partial charge in [0, 0.05) is 28.5 Å². The van der Waals surface area contributed by atoms with Gasteiger partial charge in [0.05, 0.1) is 0 Å². The lowest BCUT2D eigenvalue weighted by Crippen LogP contribution is -2.25. The van der Waals surface area contributed by atoms with Crippen molar-refractivity contribution in [2.24, 2.45) is 0 Å². The number of pyridine rings is 1. The summed E-state index contributed by atoms with van der Waals surface area (Å²) in [6.07, 6.45) is 5.57. The van der Waals surface area contributed by atoms with Crippen molar-refractivity contribution in [3.8, 4) is 0 Å². The standard InChI is InChI=1S/C17H20Cl2N2/c1-3-8-21-17(14-11-20-9-7-12(14)2)10-13-15(18)5-4-6-16(13)19/h4-7,9,11,17,21H,3,8,10H2,1-2H3. The zero-order valence-corrected chi connectivity index (χ0v) is 13.9. The summed E-state index contributed by atoms with van der Waals surface area (Å²) in [4.78, 5) is 4.25. The highest BCUT2D eigenvalue weighted by atomic mass is 35.5. The zero-order chi connectivity index (χ0) is 15.2. The Labute approximate surface area is 136 Å². The quantitative estimate of drug-likeness (QED) is 0.811. The molecule has 1 N–H and O–H groups in total. The maximum Gasteiger partial charge on any atom is 0.0453 e. The molecule has 1 heterocycles. The van der Waals surface area contributed by atoms with Crippen LogP contribution in [0.1, 0.15) is 36.1 Å². The third-order valence-corrected chi connectivity index (χ3v) is 4.27. The van der Waals surface area contributed by atoms with Crippen molar-refractivity contribution in [3.05, 3.63) is 63.4 Å². The van der Waals surface area contributed by atoms with E-state index in [4.69, 9.17) is 23.2 Å². The van der Waals surface area contributed by atoms with Gasteiger partial charge < -0.3 is 5.32 Å². The molecule has 0 aliphatic carbocycles. The number of hydrogen-bond acceptors (Lipinski definition) is 2. The zero-order valence-electron chi connectivity index (χ0n) is 12.4. The van der Waals surface area contributed by atoms with E-state index in [1.165, 1.54) is 11.1 Å². The number of benzene rings is 1. The minimum absolute atomic E-state index is 0.163. The molecule has 2 aromatic rings. The van der Waals surface area contributed by atoms with E-state index in [2.05, 4.69) is 24.1 Å². The number of nitrogens with one attached hydrogen (secondary N) is 1. The number of nitrogens with zero attached hydrogens (tertiary/aromatic N) is 1. The van der Waals surface area contributed by atoms with Crippen molar-refractivity contribution in [2.45, 2.75) is 32.7 Å². The summed E-state index contributed by atoms with van der Waals surface area (Å²) in [5.41, 5.74) is 3.40. The van der Waals surface area contributed by atoms with Crippen molar-refractivity contribution >= 4 is 23.2 Å². The highest BCUT2D eigenvalue weighted by molar-refractivity contribution is 6.36. The monoisotopic (exact) mass is 322 g/mol. The molecule has 0 amide bonds. The van der Waals surface area contributed by atoms with Crippen LogP contribution in [0, 0.1) is 6.92 Å². The summed E-state index contributed by atoms with van der Waals surface area (Å²) in [7, 11) is 0. The second kappa shape index (κ2) is 7.79. The van der Waals surface area contributed by atoms with Gasteiger partial charge in [0.2, 0.25) is 0 Å². The third-order valence-electron chi connectivity index (χ3n) is 3.57. The van der Waals surface area contributed by atoms with E-state index in [0.29, 0.717) is 10.0 Å². The molecule has 1 unspecified atom stereocenters. The van der Waals surface area contributed by atoms with Gasteiger partial charge in [-0.3, -0.25) is 4.98 Å². The highest BCUT2D eigenvalue weighted by Gasteiger charge is 2.17. The van der Waals surface area contributed by atoms with Crippen molar-refractivity contribution in [3.63, 3.8) is 0 Å². The number of aromatic nitrogens is 1. The molecule has 2 nitrogen and oxygen atoms in total. The van der Waals surface area contributed by atoms with Crippen molar-refractivity contribution < 1.29 is 0 Å². The maximum absolute atomic E-state index is 6.31. The largest absolute Gasteiger partial charge is 0.310 e. The lowest BCUT2D eigenvalue weighted by atomic mass is 9.96. The SMILES string of the molecule is CCCNC(Cc1c(Cl)cccc1Cl)c1cnccc1C. The fourth-order valence-corrected chi connectivity index (χ4v) is 2.93. The number of aryl methyl sites for hydroxylation is 1. The molecule has 1 aromatic carbocycles. The van der Waals surface area contributed by atoms with Crippen molar-refractivity contribution in [1.82, 2.24) is 10.3 Å². The smallest absolute Gasteiger partial charge is 0.0453 e. The molecule has 0 saturated carbocycles. The van der Waals surface area contributed by atoms with E-state index in [-0.39, 0.29) is 6.04 Å². The van der Waals surface area contributed by atoms with Gasteiger partial charge in [-0.1, -0.05) is 36.2 Å². The Hall–Kier alpha value is -1.09. The second-order valence-corrected chi connectivity index (χ2v) is 5.96. The lowest BCUT2D eigenvalue weighted by molar-refractivity contribution is 0.526. The summed E-state index contributed by atoms with van der Waals surface area (Å²) >= 11 is 12.6. The van der Waals surface area contributed by atoms with Crippen LogP contribution in [0.2, 0.25) is 10.0 Å². The van der Waals surface area contributed by atoms with Crippen LogP contribution in [0.15, 0.2) is 36.7 Å². The molecular formula is C17H20Cl2N2. The molecule has 0 fully saturated rings. The van der Waals surface area contributed by atoms with Crippen LogP contribution in [0.25, 0.3) is 0 Å². The summed E-state index contributed by atoms with van der Waals surface area (Å²) < 4.78 is 0. The van der Waals surface area contributed by atoms with Crippen LogP contribution in [-0.4, -0.2) is 11.5 Å². The van der Waals surface area contributed by atoms with Gasteiger partial charge in [-0.2, -0.15) is 0 Å². The van der Waals surface area contributed by atoms with Crippen molar-refractivity contribution in [2.75, 3.05) is 6.54 Å². The first-order chi connectivity index (χ1) is 10.1. The van der Waals surface area contributed by atoms with E-state index in [9.17, 15) is 0 Å². The van der Waals surface area contributed by atoms with Gasteiger partial charge in [0.25, 0.3) is 0 Å². The summed E-state index contributed by atoms with van der Waals surface area (Å²) in [6, 6.07) is 7.84. The van der Waals surface area contributed by atoms with E-state index in [1.54, 1.807) is 0 Å². The number of rotatable bonds is 6. The summed E-state index contributed by atoms with van der Waals surface area (Å²) in [5.74, 6) is 0. The minimum atomic E-state index is 0.163. The van der Waals surface area contributed by atoms with E-state index in [1.807, 2.05) is 36.7 Å². The molecule has 0 bridgehead atoms. The Kier molecular flexibility index (Phi) is 6.04. The first kappa shape index (κ1) is 16.3. The number of halogens is 2. The van der Waals surface area contributed by atoms with Gasteiger partial charge in [-0.15, -0.1) is 0 Å². The predicted molar refractivity (Wildman–Crippen MR) is 90.2 cm³/mol. The van der Waals surface area contributed by atoms with Gasteiger partial charge in [-0.25, -0.2) is 0 Å². The molecule has 21 heavy (non-hydrogen) atoms. The Bertz CT molecular complexity index is 579. The highest BCUT2D eigenvalue weighted by Crippen LogP contribution is 2.30. The van der Waals surface area contributed by atoms with Crippen molar-refractivity contribution in [1.29, 1.82) is 0 Å². The van der Waals surface area contributed by atoms with Crippen LogP contribution in [-0.2, 0) is 6.42 Å². The second-order valence-electron chi connectivity index (χ2n) is 5.14. The summed E-state index contributed by atoms with van der Waals surface area (Å²) in [5, 5.41) is 5.00. The fourth-order valence-electron chi connectivity index (χ4n) is 2.38. The summed E-state index contributed by atoms with van der Waals surface area (Å²) in [6.45, 7) is 5.20. The molecule has 1 atom stereocenters. The Morgan fingerprint density at radius 1 is 1.19 bits per heavy atom. The minimum Gasteiger partial charge on any atom is -0.310 e. The number of hydrogen-bond donors (Lipinski definition) is 1. The molecule has 0 aliphatic rings. The topological polar surface area (TPSA) is 24.9 Å². The van der Waals surface area contributed by atoms with E-state index < -0.39 is 0 Å². The first-order valence-corrected chi connectivity index (χ1v) is 7.95. The van der Waals surface area contributed by atoms with Crippen LogP contribution >= 0.6 is 23.2 Å². The van der Waals surface area contributed by atoms with Crippen LogP contribution in [0.4, 0.5) is 0 Å². The fraction of sp³-hybridized carbons (Fsp3) is 0.353. The maximum atomic E-state index is 6.31. The normalized spacial score (nSPS) is 12.4. The lowest BCUT2D eigenvalue weighted by Gasteiger charge is -2.21. The van der Waals surface area contributed by atoms with Gasteiger partial charge in [0.1, 0.15) is 0 Å². The predicted octanol–water partition coefficient (Wildman–Crippen LogP) is 4.98. The van der Waals surface area contributed by atoms with E-state index in [0.717, 1.165) is 24.9 Å². The average molecular weight is 323 g/mol. The van der Waals surface area contributed by atoms with Crippen LogP contribution in [0.5, 0.6) is 0 Å². The Morgan fingerprint density at radius 3 is 2.52 bits per heavy atom. The molecular weight excluding hydrogens is 303 g/mol. The van der Waals surface area contributed by atoms with Gasteiger partial charge >= 0.3 is 0 Å². The first-order valence-electron chi connectivity index (χ1n) is 7.20. The molecule has 4 heteroatoms.